The van der Waals surface area contributed by atoms with E-state index >= 15 is 0 Å². The number of carbonyl (C=O) groups is 2. The number of hydrogen-bond donors (Lipinski definition) is 1. The van der Waals surface area contributed by atoms with Crippen molar-refractivity contribution in [2.75, 3.05) is 4.90 Å². The predicted molar refractivity (Wildman–Crippen MR) is 104 cm³/mol. The number of hydrogen-bond acceptors (Lipinski definition) is 4. The van der Waals surface area contributed by atoms with Gasteiger partial charge in [-0.3, -0.25) is 14.5 Å². The number of aliphatic hydroxyl groups excluding tert-OH is 1. The Hall–Kier alpha value is -3.26. The van der Waals surface area contributed by atoms with Crippen LogP contribution in [0.15, 0.2) is 75.3 Å². The number of carbonyl (C=O) groups excluding carboxylic acids is 2. The molecule has 0 bridgehead atoms. The van der Waals surface area contributed by atoms with Crippen LogP contribution in [0.3, 0.4) is 0 Å². The van der Waals surface area contributed by atoms with E-state index in [0.717, 1.165) is 21.5 Å². The largest absolute Gasteiger partial charge is 0.507 e. The van der Waals surface area contributed by atoms with Crippen LogP contribution in [0.2, 0.25) is 0 Å². The first kappa shape index (κ1) is 19.1. The minimum absolute atomic E-state index is 0.0396. The molecule has 146 valence electrons. The highest BCUT2D eigenvalue weighted by molar-refractivity contribution is 9.10. The summed E-state index contributed by atoms with van der Waals surface area (Å²) < 4.78 is 33.3. The summed E-state index contributed by atoms with van der Waals surface area (Å²) in [5.41, 5.74) is 0.0623. The second-order valence-corrected chi connectivity index (χ2v) is 7.21. The molecule has 0 aliphatic carbocycles. The van der Waals surface area contributed by atoms with Crippen LogP contribution in [0.5, 0.6) is 0 Å². The van der Waals surface area contributed by atoms with Crippen molar-refractivity contribution in [3.63, 3.8) is 0 Å². The maximum Gasteiger partial charge on any atom is 0.300 e. The van der Waals surface area contributed by atoms with Gasteiger partial charge in [-0.2, -0.15) is 0 Å². The van der Waals surface area contributed by atoms with E-state index in [-0.39, 0.29) is 17.0 Å². The molecule has 1 aliphatic rings. The molecule has 1 amide bonds. The third-order valence-corrected chi connectivity index (χ3v) is 5.08. The molecule has 3 aromatic rings. The van der Waals surface area contributed by atoms with Gasteiger partial charge >= 0.3 is 0 Å². The number of ketones is 1. The number of rotatable bonds is 3. The van der Waals surface area contributed by atoms with Gasteiger partial charge in [-0.1, -0.05) is 28.1 Å². The van der Waals surface area contributed by atoms with Crippen LogP contribution in [0.25, 0.3) is 5.76 Å². The molecule has 1 fully saturated rings. The van der Waals surface area contributed by atoms with Crippen molar-refractivity contribution < 1.29 is 27.9 Å². The monoisotopic (exact) mass is 459 g/mol. The highest BCUT2D eigenvalue weighted by Crippen LogP contribution is 2.42. The average Bonchev–Trinajstić information content (AvgIpc) is 3.32. The number of furan rings is 1. The summed E-state index contributed by atoms with van der Waals surface area (Å²) in [5, 5.41) is 10.8. The maximum atomic E-state index is 13.8. The second-order valence-electron chi connectivity index (χ2n) is 6.29. The molecule has 0 saturated carbocycles. The summed E-state index contributed by atoms with van der Waals surface area (Å²) in [6, 6.07) is 11.3. The predicted octanol–water partition coefficient (Wildman–Crippen LogP) is 4.95. The molecule has 2 heterocycles. The summed E-state index contributed by atoms with van der Waals surface area (Å²) in [5.74, 6) is -4.42. The van der Waals surface area contributed by atoms with E-state index in [4.69, 9.17) is 4.42 Å². The second kappa shape index (κ2) is 7.29. The van der Waals surface area contributed by atoms with Gasteiger partial charge in [-0.05, 0) is 36.4 Å². The van der Waals surface area contributed by atoms with E-state index in [1.807, 2.05) is 0 Å². The fourth-order valence-corrected chi connectivity index (χ4v) is 3.48. The van der Waals surface area contributed by atoms with Crippen LogP contribution >= 0.6 is 15.9 Å². The standard InChI is InChI=1S/C21H12BrF2NO4/c22-12-5-3-11(4-6-12)19(26)17-18(16-2-1-9-29-16)25(21(28)20(17)27)13-7-8-14(23)15(24)10-13/h1-10,18,26H/b19-17-. The van der Waals surface area contributed by atoms with Crippen molar-refractivity contribution in [3.05, 3.63) is 93.9 Å². The van der Waals surface area contributed by atoms with Gasteiger partial charge < -0.3 is 9.52 Å². The van der Waals surface area contributed by atoms with Crippen molar-refractivity contribution in [2.45, 2.75) is 6.04 Å². The Bertz CT molecular complexity index is 1140. The van der Waals surface area contributed by atoms with E-state index in [1.54, 1.807) is 30.3 Å². The Labute approximate surface area is 172 Å². The smallest absolute Gasteiger partial charge is 0.300 e. The molecule has 0 spiro atoms. The molecule has 0 radical (unpaired) electrons. The summed E-state index contributed by atoms with van der Waals surface area (Å²) in [6.07, 6.45) is 1.35. The Balaban J connectivity index is 1.92. The van der Waals surface area contributed by atoms with Crippen LogP contribution in [0.4, 0.5) is 14.5 Å². The van der Waals surface area contributed by atoms with Crippen LogP contribution in [0, 0.1) is 11.6 Å². The number of anilines is 1. The number of halogens is 3. The zero-order chi connectivity index (χ0) is 20.7. The lowest BCUT2D eigenvalue weighted by Gasteiger charge is -2.23. The quantitative estimate of drug-likeness (QED) is 0.341. The third kappa shape index (κ3) is 3.25. The van der Waals surface area contributed by atoms with Gasteiger partial charge in [0, 0.05) is 21.8 Å². The topological polar surface area (TPSA) is 70.8 Å². The fourth-order valence-electron chi connectivity index (χ4n) is 3.21. The van der Waals surface area contributed by atoms with Crippen molar-refractivity contribution in [1.29, 1.82) is 0 Å². The molecule has 1 aliphatic heterocycles. The summed E-state index contributed by atoms with van der Waals surface area (Å²) in [6.45, 7) is 0. The lowest BCUT2D eigenvalue weighted by molar-refractivity contribution is -0.132. The summed E-state index contributed by atoms with van der Waals surface area (Å²) >= 11 is 3.29. The Morgan fingerprint density at radius 3 is 2.38 bits per heavy atom. The molecule has 1 aromatic heterocycles. The SMILES string of the molecule is O=C1C(=O)N(c2ccc(F)c(F)c2)C(c2ccco2)/C1=C(/O)c1ccc(Br)cc1. The summed E-state index contributed by atoms with van der Waals surface area (Å²) in [7, 11) is 0. The Morgan fingerprint density at radius 2 is 1.76 bits per heavy atom. The first-order valence-electron chi connectivity index (χ1n) is 8.44. The van der Waals surface area contributed by atoms with Crippen LogP contribution in [-0.2, 0) is 9.59 Å². The van der Waals surface area contributed by atoms with Crippen molar-refractivity contribution in [1.82, 2.24) is 0 Å². The molecule has 4 rings (SSSR count). The molecule has 1 atom stereocenters. The van der Waals surface area contributed by atoms with Gasteiger partial charge in [0.05, 0.1) is 11.8 Å². The Kier molecular flexibility index (Phi) is 4.79. The molecule has 1 saturated heterocycles. The van der Waals surface area contributed by atoms with Crippen LogP contribution < -0.4 is 4.90 Å². The van der Waals surface area contributed by atoms with Crippen LogP contribution in [-0.4, -0.2) is 16.8 Å². The van der Waals surface area contributed by atoms with E-state index < -0.39 is 35.1 Å². The van der Waals surface area contributed by atoms with Gasteiger partial charge in [0.1, 0.15) is 17.6 Å². The van der Waals surface area contributed by atoms with Crippen molar-refractivity contribution in [2.24, 2.45) is 0 Å². The zero-order valence-corrected chi connectivity index (χ0v) is 16.2. The first-order chi connectivity index (χ1) is 13.9. The van der Waals surface area contributed by atoms with E-state index in [9.17, 15) is 23.5 Å². The number of amides is 1. The molecule has 2 aromatic carbocycles. The molecular weight excluding hydrogens is 448 g/mol. The van der Waals surface area contributed by atoms with Gasteiger partial charge in [0.15, 0.2) is 11.6 Å². The van der Waals surface area contributed by atoms with Gasteiger partial charge in [-0.25, -0.2) is 8.78 Å². The molecular formula is C21H12BrF2NO4. The van der Waals surface area contributed by atoms with Crippen molar-refractivity contribution >= 4 is 39.1 Å². The minimum Gasteiger partial charge on any atom is -0.507 e. The lowest BCUT2D eigenvalue weighted by atomic mass is 9.99. The zero-order valence-electron chi connectivity index (χ0n) is 14.6. The molecule has 8 heteroatoms. The number of Topliss-reactive ketones (excluding diaryl/α,β-unsaturated/α-hetero) is 1. The van der Waals surface area contributed by atoms with E-state index in [2.05, 4.69) is 15.9 Å². The summed E-state index contributed by atoms with van der Waals surface area (Å²) in [4.78, 5) is 26.6. The highest BCUT2D eigenvalue weighted by atomic mass is 79.9. The molecule has 1 N–H and O–H groups in total. The van der Waals surface area contributed by atoms with E-state index in [0.29, 0.717) is 5.56 Å². The third-order valence-electron chi connectivity index (χ3n) is 4.56. The molecule has 1 unspecified atom stereocenters. The Morgan fingerprint density at radius 1 is 1.03 bits per heavy atom. The number of benzene rings is 2. The molecule has 29 heavy (non-hydrogen) atoms. The highest BCUT2D eigenvalue weighted by Gasteiger charge is 2.48. The minimum atomic E-state index is -1.17. The van der Waals surface area contributed by atoms with E-state index in [1.165, 1.54) is 18.4 Å². The lowest BCUT2D eigenvalue weighted by Crippen LogP contribution is -2.29. The van der Waals surface area contributed by atoms with Crippen molar-refractivity contribution in [3.8, 4) is 0 Å². The van der Waals surface area contributed by atoms with Gasteiger partial charge in [0.25, 0.3) is 11.7 Å². The number of nitrogens with zero attached hydrogens (tertiary/aromatic N) is 1. The van der Waals surface area contributed by atoms with Gasteiger partial charge in [-0.15, -0.1) is 0 Å². The first-order valence-corrected chi connectivity index (χ1v) is 9.23. The maximum absolute atomic E-state index is 13.8. The normalized spacial score (nSPS) is 18.4. The fraction of sp³-hybridized carbons (Fsp3) is 0.0476. The van der Waals surface area contributed by atoms with Gasteiger partial charge in [0.2, 0.25) is 0 Å². The molecule has 5 nitrogen and oxygen atoms in total. The van der Waals surface area contributed by atoms with Crippen LogP contribution in [0.1, 0.15) is 17.4 Å². The number of aliphatic hydroxyl groups is 1. The average molecular weight is 460 g/mol.